The molecule has 0 aliphatic carbocycles. The van der Waals surface area contributed by atoms with E-state index in [0.717, 1.165) is 5.56 Å². The Hall–Kier alpha value is -3.52. The highest BCUT2D eigenvalue weighted by atomic mass is 32.2. The van der Waals surface area contributed by atoms with E-state index in [9.17, 15) is 23.3 Å². The van der Waals surface area contributed by atoms with Gasteiger partial charge in [0, 0.05) is 6.07 Å². The van der Waals surface area contributed by atoms with Crippen LogP contribution in [-0.2, 0) is 10.0 Å². The van der Waals surface area contributed by atoms with E-state index in [4.69, 9.17) is 0 Å². The maximum atomic E-state index is 13.4. The molecule has 0 atom stereocenters. The lowest BCUT2D eigenvalue weighted by molar-refractivity contribution is -0.385. The smallest absolute Gasteiger partial charge is 0.267 e. The molecular weight excluding hydrogens is 392 g/mol. The van der Waals surface area contributed by atoms with Gasteiger partial charge < -0.3 is 0 Å². The number of amides is 1. The number of carbonyl (C=O) groups is 1. The molecule has 1 amide bonds. The quantitative estimate of drug-likeness (QED) is 0.463. The number of anilines is 1. The van der Waals surface area contributed by atoms with Crippen molar-refractivity contribution >= 4 is 27.3 Å². The third kappa shape index (κ3) is 3.88. The largest absolute Gasteiger partial charge is 0.282 e. The van der Waals surface area contributed by atoms with Crippen molar-refractivity contribution in [1.82, 2.24) is 0 Å². The summed E-state index contributed by atoms with van der Waals surface area (Å²) in [5.74, 6) is -0.991. The number of rotatable bonds is 5. The Kier molecular flexibility index (Phi) is 5.47. The molecule has 0 unspecified atom stereocenters. The number of nitrogens with zero attached hydrogens (tertiary/aromatic N) is 2. The Balaban J connectivity index is 2.29. The third-order valence-electron chi connectivity index (χ3n) is 4.38. The van der Waals surface area contributed by atoms with Gasteiger partial charge in [0.15, 0.2) is 0 Å². The Labute approximate surface area is 168 Å². The number of carbonyl (C=O) groups excluding carboxylic acids is 1. The van der Waals surface area contributed by atoms with E-state index in [1.165, 1.54) is 36.4 Å². The van der Waals surface area contributed by atoms with Gasteiger partial charge in [-0.1, -0.05) is 42.5 Å². The minimum absolute atomic E-state index is 0.0900. The molecule has 0 aliphatic rings. The molecule has 0 N–H and O–H groups in total. The fraction of sp³-hybridized carbons (Fsp3) is 0.0952. The zero-order valence-electron chi connectivity index (χ0n) is 15.8. The van der Waals surface area contributed by atoms with Crippen LogP contribution in [0.1, 0.15) is 21.5 Å². The van der Waals surface area contributed by atoms with Gasteiger partial charge in [-0.05, 0) is 49.2 Å². The highest BCUT2D eigenvalue weighted by molar-refractivity contribution is 7.93. The molecule has 0 radical (unpaired) electrons. The fourth-order valence-corrected chi connectivity index (χ4v) is 4.39. The first-order chi connectivity index (χ1) is 13.7. The van der Waals surface area contributed by atoms with E-state index in [0.29, 0.717) is 9.87 Å². The van der Waals surface area contributed by atoms with E-state index in [1.807, 2.05) is 0 Å². The second-order valence-electron chi connectivity index (χ2n) is 6.45. The number of nitro groups is 1. The molecule has 0 saturated carbocycles. The molecule has 7 nitrogen and oxygen atoms in total. The highest BCUT2D eigenvalue weighted by Gasteiger charge is 2.35. The molecule has 0 heterocycles. The van der Waals surface area contributed by atoms with Crippen LogP contribution in [0.25, 0.3) is 0 Å². The molecule has 8 heteroatoms. The van der Waals surface area contributed by atoms with Gasteiger partial charge in [0.2, 0.25) is 0 Å². The van der Waals surface area contributed by atoms with Crippen LogP contribution in [0.2, 0.25) is 0 Å². The number of aryl methyl sites for hydroxylation is 2. The minimum atomic E-state index is -4.32. The van der Waals surface area contributed by atoms with E-state index in [1.54, 1.807) is 50.2 Å². The third-order valence-corrected chi connectivity index (χ3v) is 6.09. The number of sulfonamides is 1. The molecule has 0 saturated heterocycles. The lowest BCUT2D eigenvalue weighted by Gasteiger charge is -2.24. The van der Waals surface area contributed by atoms with Crippen LogP contribution in [0, 0.1) is 24.0 Å². The summed E-state index contributed by atoms with van der Waals surface area (Å²) in [6.45, 7) is 3.45. The van der Waals surface area contributed by atoms with Crippen LogP contribution in [-0.4, -0.2) is 19.2 Å². The van der Waals surface area contributed by atoms with Crippen molar-refractivity contribution < 1.29 is 18.1 Å². The van der Waals surface area contributed by atoms with Crippen molar-refractivity contribution in [3.8, 4) is 0 Å². The van der Waals surface area contributed by atoms with E-state index >= 15 is 0 Å². The van der Waals surface area contributed by atoms with Gasteiger partial charge in [0.1, 0.15) is 5.56 Å². The van der Waals surface area contributed by atoms with Crippen LogP contribution in [0.3, 0.4) is 0 Å². The van der Waals surface area contributed by atoms with Gasteiger partial charge in [0.05, 0.1) is 15.5 Å². The van der Waals surface area contributed by atoms with E-state index < -0.39 is 26.5 Å². The first kappa shape index (κ1) is 20.2. The van der Waals surface area contributed by atoms with Crippen LogP contribution in [0.5, 0.6) is 0 Å². The van der Waals surface area contributed by atoms with Crippen molar-refractivity contribution in [3.05, 3.63) is 99.6 Å². The molecule has 0 aromatic heterocycles. The van der Waals surface area contributed by atoms with Crippen LogP contribution >= 0.6 is 0 Å². The first-order valence-electron chi connectivity index (χ1n) is 8.69. The predicted molar refractivity (Wildman–Crippen MR) is 109 cm³/mol. The van der Waals surface area contributed by atoms with E-state index in [2.05, 4.69) is 0 Å². The second kappa shape index (κ2) is 7.84. The average Bonchev–Trinajstić information content (AvgIpc) is 2.71. The summed E-state index contributed by atoms with van der Waals surface area (Å²) in [5, 5.41) is 11.4. The van der Waals surface area contributed by atoms with Gasteiger partial charge >= 0.3 is 0 Å². The molecular formula is C21H18N2O5S. The summed E-state index contributed by atoms with van der Waals surface area (Å²) >= 11 is 0. The summed E-state index contributed by atoms with van der Waals surface area (Å²) in [6.07, 6.45) is 0. The molecule has 0 bridgehead atoms. The van der Waals surface area contributed by atoms with Crippen molar-refractivity contribution in [2.24, 2.45) is 0 Å². The summed E-state index contributed by atoms with van der Waals surface area (Å²) < 4.78 is 27.5. The summed E-state index contributed by atoms with van der Waals surface area (Å²) in [6, 6.07) is 17.9. The lowest BCUT2D eigenvalue weighted by Crippen LogP contribution is -2.38. The molecule has 3 aromatic rings. The minimum Gasteiger partial charge on any atom is -0.267 e. The summed E-state index contributed by atoms with van der Waals surface area (Å²) in [7, 11) is -4.32. The van der Waals surface area contributed by atoms with Gasteiger partial charge in [-0.2, -0.15) is 4.31 Å². The Morgan fingerprint density at radius 3 is 2.21 bits per heavy atom. The van der Waals surface area contributed by atoms with Gasteiger partial charge in [-0.3, -0.25) is 14.9 Å². The number of hydrogen-bond donors (Lipinski definition) is 0. The number of hydrogen-bond acceptors (Lipinski definition) is 5. The topological polar surface area (TPSA) is 97.6 Å². The predicted octanol–water partition coefficient (Wildman–Crippen LogP) is 4.25. The Morgan fingerprint density at radius 2 is 1.55 bits per heavy atom. The maximum absolute atomic E-state index is 13.4. The Bertz CT molecular complexity index is 1190. The fourth-order valence-electron chi connectivity index (χ4n) is 2.91. The zero-order chi connectivity index (χ0) is 21.2. The summed E-state index contributed by atoms with van der Waals surface area (Å²) in [5.41, 5.74) is 0.669. The van der Waals surface area contributed by atoms with Crippen LogP contribution in [0.4, 0.5) is 11.4 Å². The molecule has 148 valence electrons. The SMILES string of the molecule is Cc1ccc(C)c(N(C(=O)c2ccccc2[N+](=O)[O-])S(=O)(=O)c2ccccc2)c1. The summed E-state index contributed by atoms with van der Waals surface area (Å²) in [4.78, 5) is 24.0. The van der Waals surface area contributed by atoms with Crippen molar-refractivity contribution in [2.45, 2.75) is 18.7 Å². The second-order valence-corrected chi connectivity index (χ2v) is 8.24. The standard InChI is InChI=1S/C21H18N2O5S/c1-15-12-13-16(2)20(14-15)22(29(27,28)17-8-4-3-5-9-17)21(24)18-10-6-7-11-19(18)23(25)26/h3-14H,1-2H3. The van der Waals surface area contributed by atoms with Gasteiger partial charge in [0.25, 0.3) is 21.6 Å². The van der Waals surface area contributed by atoms with E-state index in [-0.39, 0.29) is 16.1 Å². The van der Waals surface area contributed by atoms with Crippen molar-refractivity contribution in [1.29, 1.82) is 0 Å². The molecule has 3 rings (SSSR count). The lowest BCUT2D eigenvalue weighted by atomic mass is 10.1. The Morgan fingerprint density at radius 1 is 0.931 bits per heavy atom. The van der Waals surface area contributed by atoms with Crippen LogP contribution in [0.15, 0.2) is 77.7 Å². The van der Waals surface area contributed by atoms with Gasteiger partial charge in [-0.15, -0.1) is 0 Å². The van der Waals surface area contributed by atoms with Crippen molar-refractivity contribution in [2.75, 3.05) is 4.31 Å². The number of benzene rings is 3. The molecule has 29 heavy (non-hydrogen) atoms. The monoisotopic (exact) mass is 410 g/mol. The van der Waals surface area contributed by atoms with Gasteiger partial charge in [-0.25, -0.2) is 8.42 Å². The highest BCUT2D eigenvalue weighted by Crippen LogP contribution is 2.31. The molecule has 0 fully saturated rings. The maximum Gasteiger partial charge on any atom is 0.282 e. The molecule has 3 aromatic carbocycles. The van der Waals surface area contributed by atoms with Crippen molar-refractivity contribution in [3.63, 3.8) is 0 Å². The average molecular weight is 410 g/mol. The number of nitro benzene ring substituents is 1. The zero-order valence-corrected chi connectivity index (χ0v) is 16.6. The first-order valence-corrected chi connectivity index (χ1v) is 10.1. The molecule has 0 spiro atoms. The van der Waals surface area contributed by atoms with Crippen LogP contribution < -0.4 is 4.31 Å². The number of para-hydroxylation sites is 1. The normalized spacial score (nSPS) is 11.1. The molecule has 0 aliphatic heterocycles.